The first kappa shape index (κ1) is 25.2. The molecule has 0 aliphatic heterocycles. The van der Waals surface area contributed by atoms with Gasteiger partial charge in [-0.05, 0) is 35.1 Å². The summed E-state index contributed by atoms with van der Waals surface area (Å²) in [6.07, 6.45) is -0.603. The predicted molar refractivity (Wildman–Crippen MR) is 127 cm³/mol. The van der Waals surface area contributed by atoms with Crippen LogP contribution in [0.2, 0.25) is 0 Å². The van der Waals surface area contributed by atoms with Crippen LogP contribution in [0.4, 0.5) is 4.79 Å². The van der Waals surface area contributed by atoms with Gasteiger partial charge in [-0.15, -0.1) is 0 Å². The van der Waals surface area contributed by atoms with Crippen molar-refractivity contribution in [1.29, 1.82) is 0 Å². The highest BCUT2D eigenvalue weighted by atomic mass is 16.5. The first-order valence-corrected chi connectivity index (χ1v) is 11.5. The number of hydrogen-bond donors (Lipinski definition) is 4. The normalized spacial score (nSPS) is 15.9. The maximum atomic E-state index is 12.8. The number of benzene rings is 2. The lowest BCUT2D eigenvalue weighted by Gasteiger charge is -2.26. The third kappa shape index (κ3) is 5.94. The monoisotopic (exact) mass is 468 g/mol. The third-order valence-electron chi connectivity index (χ3n) is 6.29. The number of carboxylic acid groups (broad SMARTS) is 1. The number of carbonyl (C=O) groups is 3. The van der Waals surface area contributed by atoms with Gasteiger partial charge in [-0.3, -0.25) is 9.59 Å². The molecule has 8 nitrogen and oxygen atoms in total. The van der Waals surface area contributed by atoms with Gasteiger partial charge < -0.3 is 25.6 Å². The Hall–Kier alpha value is -3.39. The lowest BCUT2D eigenvalue weighted by atomic mass is 9.97. The summed E-state index contributed by atoms with van der Waals surface area (Å²) in [5, 5.41) is 24.2. The molecule has 4 N–H and O–H groups in total. The minimum absolute atomic E-state index is 0.0971. The van der Waals surface area contributed by atoms with E-state index in [-0.39, 0.29) is 25.0 Å². The van der Waals surface area contributed by atoms with E-state index in [0.29, 0.717) is 6.42 Å². The van der Waals surface area contributed by atoms with Crippen molar-refractivity contribution in [1.82, 2.24) is 10.6 Å². The van der Waals surface area contributed by atoms with Crippen molar-refractivity contribution in [2.75, 3.05) is 13.2 Å². The zero-order chi connectivity index (χ0) is 24.9. The fraction of sp³-hybridized carbons (Fsp3) is 0.423. The van der Waals surface area contributed by atoms with Crippen LogP contribution in [0, 0.1) is 5.92 Å². The second-order valence-electron chi connectivity index (χ2n) is 9.12. The summed E-state index contributed by atoms with van der Waals surface area (Å²) < 4.78 is 5.56. The first-order valence-electron chi connectivity index (χ1n) is 11.5. The topological polar surface area (TPSA) is 125 Å². The van der Waals surface area contributed by atoms with E-state index in [2.05, 4.69) is 22.8 Å². The average Bonchev–Trinajstić information content (AvgIpc) is 3.12. The summed E-state index contributed by atoms with van der Waals surface area (Å²) in [5.74, 6) is -1.98. The molecule has 2 amide bonds. The number of carbonyl (C=O) groups excluding carboxylic acids is 2. The highest BCUT2D eigenvalue weighted by Gasteiger charge is 2.32. The SMILES string of the molecule is CC[C@H](C)[C@H](NC(=O)OCC1c2ccccc2-c2ccccc21)C(=O)NCC(C)(O)CC(=O)O. The van der Waals surface area contributed by atoms with Crippen LogP contribution in [-0.4, -0.2) is 53.0 Å². The second kappa shape index (κ2) is 10.7. The van der Waals surface area contributed by atoms with Gasteiger partial charge in [-0.25, -0.2) is 4.79 Å². The van der Waals surface area contributed by atoms with E-state index in [1.807, 2.05) is 50.2 Å². The number of nitrogens with one attached hydrogen (secondary N) is 2. The fourth-order valence-electron chi connectivity index (χ4n) is 4.24. The van der Waals surface area contributed by atoms with E-state index in [0.717, 1.165) is 22.3 Å². The highest BCUT2D eigenvalue weighted by molar-refractivity contribution is 5.86. The Morgan fingerprint density at radius 3 is 2.15 bits per heavy atom. The van der Waals surface area contributed by atoms with Crippen LogP contribution in [-0.2, 0) is 14.3 Å². The molecule has 3 rings (SSSR count). The zero-order valence-electron chi connectivity index (χ0n) is 19.7. The Kier molecular flexibility index (Phi) is 7.94. The fourth-order valence-corrected chi connectivity index (χ4v) is 4.24. The summed E-state index contributed by atoms with van der Waals surface area (Å²) >= 11 is 0. The van der Waals surface area contributed by atoms with Crippen molar-refractivity contribution in [2.45, 2.75) is 51.2 Å². The second-order valence-corrected chi connectivity index (χ2v) is 9.12. The van der Waals surface area contributed by atoms with Gasteiger partial charge >= 0.3 is 12.1 Å². The summed E-state index contributed by atoms with van der Waals surface area (Å²) in [6.45, 7) is 4.92. The molecule has 8 heteroatoms. The standard InChI is InChI=1S/C26H32N2O6/c1-4-16(2)23(24(31)27-15-26(3,33)13-22(29)30)28-25(32)34-14-21-19-11-7-5-9-17(19)18-10-6-8-12-20(18)21/h5-12,16,21,23,33H,4,13-15H2,1-3H3,(H,27,31)(H,28,32)(H,29,30)/t16-,23-,26?/m0/s1. The van der Waals surface area contributed by atoms with Crippen LogP contribution in [0.25, 0.3) is 11.1 Å². The number of aliphatic carboxylic acids is 1. The molecule has 1 aliphatic carbocycles. The van der Waals surface area contributed by atoms with Gasteiger partial charge in [0.2, 0.25) is 5.91 Å². The predicted octanol–water partition coefficient (Wildman–Crippen LogP) is 3.28. The third-order valence-corrected chi connectivity index (χ3v) is 6.29. The molecule has 0 saturated carbocycles. The summed E-state index contributed by atoms with van der Waals surface area (Å²) in [6, 6.07) is 15.2. The van der Waals surface area contributed by atoms with Gasteiger partial charge in [0.1, 0.15) is 12.6 Å². The summed E-state index contributed by atoms with van der Waals surface area (Å²) in [5.41, 5.74) is 2.82. The van der Waals surface area contributed by atoms with E-state index < -0.39 is 36.0 Å². The van der Waals surface area contributed by atoms with E-state index in [1.54, 1.807) is 0 Å². The molecule has 0 saturated heterocycles. The number of alkyl carbamates (subject to hydrolysis) is 1. The molecule has 0 fully saturated rings. The Bertz CT molecular complexity index is 1010. The molecule has 0 spiro atoms. The molecule has 1 aliphatic rings. The highest BCUT2D eigenvalue weighted by Crippen LogP contribution is 2.44. The molecule has 34 heavy (non-hydrogen) atoms. The van der Waals surface area contributed by atoms with E-state index in [4.69, 9.17) is 9.84 Å². The maximum Gasteiger partial charge on any atom is 0.407 e. The Balaban J connectivity index is 1.63. The van der Waals surface area contributed by atoms with Gasteiger partial charge in [-0.1, -0.05) is 68.8 Å². The van der Waals surface area contributed by atoms with Gasteiger partial charge in [0.15, 0.2) is 0 Å². The molecular weight excluding hydrogens is 436 g/mol. The summed E-state index contributed by atoms with van der Waals surface area (Å²) in [4.78, 5) is 36.3. The van der Waals surface area contributed by atoms with Gasteiger partial charge in [0.05, 0.1) is 12.0 Å². The van der Waals surface area contributed by atoms with Gasteiger partial charge in [0, 0.05) is 12.5 Å². The molecule has 2 aromatic rings. The lowest BCUT2D eigenvalue weighted by molar-refractivity contribution is -0.142. The molecule has 0 bridgehead atoms. The van der Waals surface area contributed by atoms with Gasteiger partial charge in [-0.2, -0.15) is 0 Å². The molecule has 1 unspecified atom stereocenters. The van der Waals surface area contributed by atoms with Crippen LogP contribution in [0.1, 0.15) is 50.7 Å². The van der Waals surface area contributed by atoms with Crippen LogP contribution in [0.15, 0.2) is 48.5 Å². The minimum atomic E-state index is -1.61. The molecule has 0 radical (unpaired) electrons. The smallest absolute Gasteiger partial charge is 0.407 e. The number of rotatable bonds is 10. The van der Waals surface area contributed by atoms with Crippen LogP contribution in [0.3, 0.4) is 0 Å². The van der Waals surface area contributed by atoms with Crippen molar-refractivity contribution >= 4 is 18.0 Å². The van der Waals surface area contributed by atoms with Crippen LogP contribution in [0.5, 0.6) is 0 Å². The molecule has 0 heterocycles. The number of aliphatic hydroxyl groups is 1. The van der Waals surface area contributed by atoms with Crippen LogP contribution >= 0.6 is 0 Å². The Morgan fingerprint density at radius 1 is 1.06 bits per heavy atom. The van der Waals surface area contributed by atoms with Gasteiger partial charge in [0.25, 0.3) is 0 Å². The molecule has 0 aromatic heterocycles. The van der Waals surface area contributed by atoms with Crippen molar-refractivity contribution in [3.05, 3.63) is 59.7 Å². The van der Waals surface area contributed by atoms with Crippen molar-refractivity contribution in [3.8, 4) is 11.1 Å². The van der Waals surface area contributed by atoms with Crippen molar-refractivity contribution < 1.29 is 29.3 Å². The lowest BCUT2D eigenvalue weighted by Crippen LogP contribution is -2.53. The van der Waals surface area contributed by atoms with E-state index in [1.165, 1.54) is 6.92 Å². The summed E-state index contributed by atoms with van der Waals surface area (Å²) in [7, 11) is 0. The number of fused-ring (bicyclic) bond motifs is 3. The maximum absolute atomic E-state index is 12.8. The van der Waals surface area contributed by atoms with Crippen molar-refractivity contribution in [2.24, 2.45) is 5.92 Å². The number of amides is 2. The molecule has 2 aromatic carbocycles. The average molecular weight is 469 g/mol. The van der Waals surface area contributed by atoms with E-state index >= 15 is 0 Å². The van der Waals surface area contributed by atoms with E-state index in [9.17, 15) is 19.5 Å². The Morgan fingerprint density at radius 2 is 1.62 bits per heavy atom. The quantitative estimate of drug-likeness (QED) is 0.424. The molecule has 3 atom stereocenters. The first-order chi connectivity index (χ1) is 16.1. The minimum Gasteiger partial charge on any atom is -0.481 e. The molecular formula is C26H32N2O6. The Labute approximate surface area is 199 Å². The zero-order valence-corrected chi connectivity index (χ0v) is 19.7. The largest absolute Gasteiger partial charge is 0.481 e. The molecule has 182 valence electrons. The van der Waals surface area contributed by atoms with Crippen molar-refractivity contribution in [3.63, 3.8) is 0 Å². The number of hydrogen-bond acceptors (Lipinski definition) is 5. The van der Waals surface area contributed by atoms with Crippen LogP contribution < -0.4 is 10.6 Å². The number of ether oxygens (including phenoxy) is 1. The number of carboxylic acids is 1.